The average molecular weight is 182 g/mol. The van der Waals surface area contributed by atoms with Crippen molar-refractivity contribution in [1.82, 2.24) is 0 Å². The Morgan fingerprint density at radius 1 is 1.08 bits per heavy atom. The minimum Gasteiger partial charge on any atom is -0.295 e. The second-order valence-corrected chi connectivity index (χ2v) is 2.15. The Hall–Kier alpha value is -1.44. The summed E-state index contributed by atoms with van der Waals surface area (Å²) in [6, 6.07) is 0. The number of Topliss-reactive ketones (excluding diaryl/α,β-unsaturated/α-hetero) is 1. The highest BCUT2D eigenvalue weighted by Crippen LogP contribution is 1.84. The van der Waals surface area contributed by atoms with Gasteiger partial charge in [-0.15, -0.1) is 13.2 Å². The van der Waals surface area contributed by atoms with Crippen molar-refractivity contribution >= 4 is 11.6 Å². The molecule has 0 unspecified atom stereocenters. The van der Waals surface area contributed by atoms with E-state index in [4.69, 9.17) is 0 Å². The first-order valence-electron chi connectivity index (χ1n) is 3.71. The molecule has 13 heavy (non-hydrogen) atoms. The molecule has 0 aromatic rings. The van der Waals surface area contributed by atoms with E-state index in [-0.39, 0.29) is 11.6 Å². The van der Waals surface area contributed by atoms with Gasteiger partial charge in [-0.25, -0.2) is 0 Å². The highest BCUT2D eigenvalue weighted by molar-refractivity contribution is 5.91. The molecule has 0 bridgehead atoms. The molecule has 0 radical (unpaired) electrons. The van der Waals surface area contributed by atoms with Gasteiger partial charge < -0.3 is 0 Å². The molecule has 0 rings (SSSR count). The summed E-state index contributed by atoms with van der Waals surface area (Å²) in [5.41, 5.74) is 0.620. The maximum absolute atomic E-state index is 10.0. The summed E-state index contributed by atoms with van der Waals surface area (Å²) in [4.78, 5) is 19.7. The third-order valence-corrected chi connectivity index (χ3v) is 0.888. The second kappa shape index (κ2) is 13.2. The summed E-state index contributed by atoms with van der Waals surface area (Å²) in [7, 11) is 0. The number of rotatable bonds is 2. The number of allylic oxidation sites excluding steroid dienone is 2. The van der Waals surface area contributed by atoms with Crippen LogP contribution >= 0.6 is 0 Å². The topological polar surface area (TPSA) is 34.1 Å². The van der Waals surface area contributed by atoms with Crippen LogP contribution in [0.5, 0.6) is 0 Å². The molecule has 0 heterocycles. The number of ketones is 2. The molecule has 0 atom stereocenters. The number of hydrogen-bond donors (Lipinski definition) is 0. The first kappa shape index (κ1) is 17.6. The Bertz CT molecular complexity index is 178. The third-order valence-electron chi connectivity index (χ3n) is 0.888. The Morgan fingerprint density at radius 3 is 1.23 bits per heavy atom. The summed E-state index contributed by atoms with van der Waals surface area (Å²) in [6.07, 6.45) is 1.28. The van der Waals surface area contributed by atoms with E-state index in [0.717, 1.165) is 0 Å². The molecule has 0 amide bonds. The van der Waals surface area contributed by atoms with E-state index in [1.54, 1.807) is 6.92 Å². The van der Waals surface area contributed by atoms with Crippen molar-refractivity contribution in [1.29, 1.82) is 0 Å². The van der Waals surface area contributed by atoms with Crippen LogP contribution < -0.4 is 0 Å². The average Bonchev–Trinajstić information content (AvgIpc) is 2.09. The van der Waals surface area contributed by atoms with Crippen LogP contribution in [0, 0.1) is 0 Å². The van der Waals surface area contributed by atoms with Crippen LogP contribution in [0.3, 0.4) is 0 Å². The molecule has 0 N–H and O–H groups in total. The molecule has 0 fully saturated rings. The molecule has 0 aliphatic carbocycles. The third kappa shape index (κ3) is 37.2. The van der Waals surface area contributed by atoms with Crippen LogP contribution in [-0.4, -0.2) is 11.6 Å². The van der Waals surface area contributed by atoms with Gasteiger partial charge in [0.15, 0.2) is 11.6 Å². The van der Waals surface area contributed by atoms with E-state index in [1.807, 2.05) is 0 Å². The SMILES string of the molecule is C=C.C=C(C)C(C)=O.C=CC(C)=O. The molecule has 2 heteroatoms. The molecular weight excluding hydrogens is 164 g/mol. The maximum Gasteiger partial charge on any atom is 0.154 e. The lowest BCUT2D eigenvalue weighted by atomic mass is 10.3. The highest BCUT2D eigenvalue weighted by Gasteiger charge is 1.85. The number of hydrogen-bond acceptors (Lipinski definition) is 2. The Kier molecular flexibility index (Phi) is 17.8. The van der Waals surface area contributed by atoms with Crippen molar-refractivity contribution in [2.75, 3.05) is 0 Å². The Labute approximate surface area is 80.7 Å². The van der Waals surface area contributed by atoms with Gasteiger partial charge in [0.25, 0.3) is 0 Å². The second-order valence-electron chi connectivity index (χ2n) is 2.15. The van der Waals surface area contributed by atoms with Crippen LogP contribution in [0.4, 0.5) is 0 Å². The molecule has 0 aliphatic heterocycles. The van der Waals surface area contributed by atoms with Crippen LogP contribution in [-0.2, 0) is 9.59 Å². The lowest BCUT2D eigenvalue weighted by Crippen LogP contribution is -1.86. The fraction of sp³-hybridized carbons (Fsp3) is 0.273. The van der Waals surface area contributed by atoms with Gasteiger partial charge in [0.1, 0.15) is 0 Å². The van der Waals surface area contributed by atoms with Crippen LogP contribution in [0.1, 0.15) is 20.8 Å². The molecule has 0 aromatic carbocycles. The molecule has 2 nitrogen and oxygen atoms in total. The first-order chi connectivity index (χ1) is 5.91. The van der Waals surface area contributed by atoms with Crippen molar-refractivity contribution in [3.63, 3.8) is 0 Å². The predicted octanol–water partition coefficient (Wildman–Crippen LogP) is 2.72. The number of carbonyl (C=O) groups excluding carboxylic acids is 2. The molecular formula is C11H18O2. The molecule has 0 spiro atoms. The van der Waals surface area contributed by atoms with Crippen LogP contribution in [0.15, 0.2) is 38.0 Å². The minimum absolute atomic E-state index is 0.0185. The van der Waals surface area contributed by atoms with E-state index in [2.05, 4.69) is 26.3 Å². The van der Waals surface area contributed by atoms with Crippen molar-refractivity contribution in [2.24, 2.45) is 0 Å². The summed E-state index contributed by atoms with van der Waals surface area (Å²) < 4.78 is 0. The lowest BCUT2D eigenvalue weighted by Gasteiger charge is -1.80. The summed E-state index contributed by atoms with van der Waals surface area (Å²) >= 11 is 0. The molecule has 0 saturated carbocycles. The molecule has 0 aliphatic rings. The summed E-state index contributed by atoms with van der Waals surface area (Å²) in [6.45, 7) is 17.3. The van der Waals surface area contributed by atoms with Gasteiger partial charge in [0.05, 0.1) is 0 Å². The summed E-state index contributed by atoms with van der Waals surface area (Å²) in [5, 5.41) is 0. The van der Waals surface area contributed by atoms with Crippen LogP contribution in [0.25, 0.3) is 0 Å². The summed E-state index contributed by atoms with van der Waals surface area (Å²) in [5.74, 6) is 0.0833. The van der Waals surface area contributed by atoms with Gasteiger partial charge in [0, 0.05) is 0 Å². The lowest BCUT2D eigenvalue weighted by molar-refractivity contribution is -0.114. The van der Waals surface area contributed by atoms with Gasteiger partial charge in [-0.1, -0.05) is 13.2 Å². The Morgan fingerprint density at radius 2 is 1.23 bits per heavy atom. The van der Waals surface area contributed by atoms with Crippen molar-refractivity contribution in [3.05, 3.63) is 38.0 Å². The van der Waals surface area contributed by atoms with E-state index < -0.39 is 0 Å². The normalized spacial score (nSPS) is 6.38. The fourth-order valence-electron chi connectivity index (χ4n) is 0. The molecule has 0 aromatic heterocycles. The van der Waals surface area contributed by atoms with Gasteiger partial charge in [-0.05, 0) is 32.4 Å². The van der Waals surface area contributed by atoms with Gasteiger partial charge in [-0.2, -0.15) is 0 Å². The zero-order valence-corrected chi connectivity index (χ0v) is 8.72. The fourth-order valence-corrected chi connectivity index (χ4v) is 0. The van der Waals surface area contributed by atoms with E-state index in [9.17, 15) is 9.59 Å². The van der Waals surface area contributed by atoms with Gasteiger partial charge in [-0.3, -0.25) is 9.59 Å². The van der Waals surface area contributed by atoms with E-state index in [0.29, 0.717) is 5.57 Å². The standard InChI is InChI=1S/C5H8O.C4H6O.C2H4/c1-4(2)5(3)6;1-3-4(2)5;1-2/h1H2,2-3H3;3H,1H2,2H3;1-2H2. The van der Waals surface area contributed by atoms with Gasteiger partial charge >= 0.3 is 0 Å². The van der Waals surface area contributed by atoms with Crippen molar-refractivity contribution in [2.45, 2.75) is 20.8 Å². The quantitative estimate of drug-likeness (QED) is 0.486. The molecule has 74 valence electrons. The van der Waals surface area contributed by atoms with E-state index in [1.165, 1.54) is 19.9 Å². The van der Waals surface area contributed by atoms with Crippen molar-refractivity contribution in [3.8, 4) is 0 Å². The van der Waals surface area contributed by atoms with Crippen molar-refractivity contribution < 1.29 is 9.59 Å². The smallest absolute Gasteiger partial charge is 0.154 e. The maximum atomic E-state index is 10.0. The molecule has 0 saturated heterocycles. The monoisotopic (exact) mass is 182 g/mol. The largest absolute Gasteiger partial charge is 0.295 e. The predicted molar refractivity (Wildman–Crippen MR) is 57.6 cm³/mol. The van der Waals surface area contributed by atoms with Gasteiger partial charge in [0.2, 0.25) is 0 Å². The highest BCUT2D eigenvalue weighted by atomic mass is 16.1. The van der Waals surface area contributed by atoms with Crippen LogP contribution in [0.2, 0.25) is 0 Å². The van der Waals surface area contributed by atoms with E-state index >= 15 is 0 Å². The zero-order chi connectivity index (χ0) is 11.4. The number of carbonyl (C=O) groups is 2. The Balaban J connectivity index is -0.000000131. The minimum atomic E-state index is 0.0185. The first-order valence-corrected chi connectivity index (χ1v) is 3.71. The zero-order valence-electron chi connectivity index (χ0n) is 8.72.